The monoisotopic (exact) mass is 177 g/mol. The Morgan fingerprint density at radius 2 is 1.92 bits per heavy atom. The minimum atomic E-state index is 0.838. The van der Waals surface area contributed by atoms with Crippen molar-refractivity contribution in [1.29, 1.82) is 0 Å². The topological polar surface area (TPSA) is 26.0 Å². The Bertz CT molecular complexity index is 300. The molecule has 0 saturated heterocycles. The lowest BCUT2D eigenvalue weighted by Crippen LogP contribution is -1.86. The van der Waals surface area contributed by atoms with Crippen molar-refractivity contribution in [2.24, 2.45) is 0 Å². The summed E-state index contributed by atoms with van der Waals surface area (Å²) in [5.41, 5.74) is 9.20. The second kappa shape index (κ2) is 3.23. The molecule has 1 aromatic rings. The maximum absolute atomic E-state index is 5.60. The molecule has 0 radical (unpaired) electrons. The van der Waals surface area contributed by atoms with Crippen LogP contribution in [0.2, 0.25) is 0 Å². The molecule has 62 valence electrons. The molecule has 0 fully saturated rings. The first kappa shape index (κ1) is 7.74. The van der Waals surface area contributed by atoms with Gasteiger partial charge in [0, 0.05) is 17.2 Å². The standard InChI is InChI=1S/C10H11NS/c11-10-3-1-8(2-4-10)9-5-6-12-7-9/h1-5H,6-7,11H2. The summed E-state index contributed by atoms with van der Waals surface area (Å²) in [5, 5.41) is 0. The number of nitrogens with two attached hydrogens (primary N) is 1. The maximum atomic E-state index is 5.60. The van der Waals surface area contributed by atoms with Crippen LogP contribution in [0.15, 0.2) is 30.3 Å². The molecule has 0 spiro atoms. The summed E-state index contributed by atoms with van der Waals surface area (Å²) in [4.78, 5) is 0. The van der Waals surface area contributed by atoms with E-state index >= 15 is 0 Å². The first-order valence-electron chi connectivity index (χ1n) is 3.99. The van der Waals surface area contributed by atoms with E-state index in [9.17, 15) is 0 Å². The highest BCUT2D eigenvalue weighted by atomic mass is 32.2. The molecule has 1 heterocycles. The smallest absolute Gasteiger partial charge is 0.0314 e. The van der Waals surface area contributed by atoms with Crippen LogP contribution in [0.1, 0.15) is 5.56 Å². The van der Waals surface area contributed by atoms with Crippen molar-refractivity contribution in [3.05, 3.63) is 35.9 Å². The quantitative estimate of drug-likeness (QED) is 0.667. The molecular weight excluding hydrogens is 166 g/mol. The van der Waals surface area contributed by atoms with E-state index in [-0.39, 0.29) is 0 Å². The molecule has 2 heteroatoms. The van der Waals surface area contributed by atoms with Crippen molar-refractivity contribution in [3.63, 3.8) is 0 Å². The number of nitrogen functional groups attached to an aromatic ring is 1. The van der Waals surface area contributed by atoms with Crippen molar-refractivity contribution < 1.29 is 0 Å². The molecule has 12 heavy (non-hydrogen) atoms. The lowest BCUT2D eigenvalue weighted by molar-refractivity contribution is 1.58. The molecule has 0 aromatic heterocycles. The Hall–Kier alpha value is -0.890. The minimum absolute atomic E-state index is 0.838. The summed E-state index contributed by atoms with van der Waals surface area (Å²) in [7, 11) is 0. The summed E-state index contributed by atoms with van der Waals surface area (Å²) < 4.78 is 0. The SMILES string of the molecule is Nc1ccc(C2=CCSC2)cc1. The molecule has 1 aliphatic heterocycles. The van der Waals surface area contributed by atoms with Gasteiger partial charge in [0.15, 0.2) is 0 Å². The minimum Gasteiger partial charge on any atom is -0.399 e. The Morgan fingerprint density at radius 3 is 2.50 bits per heavy atom. The highest BCUT2D eigenvalue weighted by Crippen LogP contribution is 2.26. The van der Waals surface area contributed by atoms with Crippen LogP contribution in [0.4, 0.5) is 5.69 Å². The van der Waals surface area contributed by atoms with Crippen LogP contribution in [0.25, 0.3) is 5.57 Å². The Labute approximate surface area is 76.7 Å². The fraction of sp³-hybridized carbons (Fsp3) is 0.200. The number of hydrogen-bond acceptors (Lipinski definition) is 2. The maximum Gasteiger partial charge on any atom is 0.0314 e. The zero-order valence-corrected chi connectivity index (χ0v) is 7.60. The Balaban J connectivity index is 2.28. The number of anilines is 1. The molecule has 0 saturated carbocycles. The summed E-state index contributed by atoms with van der Waals surface area (Å²) in [6.07, 6.45) is 2.29. The Kier molecular flexibility index (Phi) is 2.09. The van der Waals surface area contributed by atoms with Gasteiger partial charge in [0.25, 0.3) is 0 Å². The summed E-state index contributed by atoms with van der Waals surface area (Å²) in [6.45, 7) is 0. The van der Waals surface area contributed by atoms with Crippen molar-refractivity contribution in [3.8, 4) is 0 Å². The van der Waals surface area contributed by atoms with E-state index in [2.05, 4.69) is 18.2 Å². The Morgan fingerprint density at radius 1 is 1.17 bits per heavy atom. The van der Waals surface area contributed by atoms with Gasteiger partial charge in [0.1, 0.15) is 0 Å². The molecule has 1 nitrogen and oxygen atoms in total. The second-order valence-corrected chi connectivity index (χ2v) is 3.90. The van der Waals surface area contributed by atoms with Crippen LogP contribution in [-0.2, 0) is 0 Å². The fourth-order valence-electron chi connectivity index (χ4n) is 1.29. The van der Waals surface area contributed by atoms with E-state index in [1.54, 1.807) is 0 Å². The summed E-state index contributed by atoms with van der Waals surface area (Å²) >= 11 is 1.96. The first-order valence-corrected chi connectivity index (χ1v) is 5.14. The van der Waals surface area contributed by atoms with Crippen molar-refractivity contribution in [1.82, 2.24) is 0 Å². The molecule has 0 amide bonds. The lowest BCUT2D eigenvalue weighted by atomic mass is 10.1. The van der Waals surface area contributed by atoms with Gasteiger partial charge in [-0.3, -0.25) is 0 Å². The van der Waals surface area contributed by atoms with Crippen LogP contribution in [0.5, 0.6) is 0 Å². The van der Waals surface area contributed by atoms with Gasteiger partial charge in [0.05, 0.1) is 0 Å². The fourth-order valence-corrected chi connectivity index (χ4v) is 2.23. The predicted molar refractivity (Wildman–Crippen MR) is 56.2 cm³/mol. The molecule has 1 aromatic carbocycles. The summed E-state index contributed by atoms with van der Waals surface area (Å²) in [6, 6.07) is 8.10. The number of rotatable bonds is 1. The first-order chi connectivity index (χ1) is 5.86. The van der Waals surface area contributed by atoms with E-state index in [4.69, 9.17) is 5.73 Å². The molecule has 0 unspecified atom stereocenters. The van der Waals surface area contributed by atoms with Crippen LogP contribution in [-0.4, -0.2) is 11.5 Å². The van der Waals surface area contributed by atoms with Gasteiger partial charge in [-0.1, -0.05) is 18.2 Å². The molecule has 2 N–H and O–H groups in total. The zero-order chi connectivity index (χ0) is 8.39. The van der Waals surface area contributed by atoms with E-state index in [1.165, 1.54) is 11.1 Å². The molecular formula is C10H11NS. The van der Waals surface area contributed by atoms with Crippen LogP contribution in [0.3, 0.4) is 0 Å². The highest BCUT2D eigenvalue weighted by Gasteiger charge is 2.06. The van der Waals surface area contributed by atoms with Crippen LogP contribution in [0, 0.1) is 0 Å². The van der Waals surface area contributed by atoms with Gasteiger partial charge in [0.2, 0.25) is 0 Å². The number of thioether (sulfide) groups is 1. The molecule has 2 rings (SSSR count). The average Bonchev–Trinajstić information content (AvgIpc) is 2.58. The van der Waals surface area contributed by atoms with Gasteiger partial charge in [-0.2, -0.15) is 11.8 Å². The second-order valence-electron chi connectivity index (χ2n) is 2.87. The molecule has 0 bridgehead atoms. The number of hydrogen-bond donors (Lipinski definition) is 1. The van der Waals surface area contributed by atoms with Crippen LogP contribution < -0.4 is 5.73 Å². The third kappa shape index (κ3) is 1.48. The average molecular weight is 177 g/mol. The molecule has 0 atom stereocenters. The predicted octanol–water partition coefficient (Wildman–Crippen LogP) is 2.40. The van der Waals surface area contributed by atoms with Crippen molar-refractivity contribution in [2.75, 3.05) is 17.2 Å². The van der Waals surface area contributed by atoms with E-state index in [1.807, 2.05) is 23.9 Å². The largest absolute Gasteiger partial charge is 0.399 e. The van der Waals surface area contributed by atoms with Crippen LogP contribution >= 0.6 is 11.8 Å². The third-order valence-electron chi connectivity index (χ3n) is 1.99. The van der Waals surface area contributed by atoms with Gasteiger partial charge in [-0.25, -0.2) is 0 Å². The van der Waals surface area contributed by atoms with Gasteiger partial charge in [-0.15, -0.1) is 0 Å². The highest BCUT2D eigenvalue weighted by molar-refractivity contribution is 8.00. The molecule has 0 aliphatic carbocycles. The van der Waals surface area contributed by atoms with Crippen molar-refractivity contribution in [2.45, 2.75) is 0 Å². The molecule has 1 aliphatic rings. The van der Waals surface area contributed by atoms with E-state index < -0.39 is 0 Å². The van der Waals surface area contributed by atoms with Crippen molar-refractivity contribution >= 4 is 23.0 Å². The number of benzene rings is 1. The van der Waals surface area contributed by atoms with E-state index in [0.29, 0.717) is 0 Å². The normalized spacial score (nSPS) is 16.2. The lowest BCUT2D eigenvalue weighted by Gasteiger charge is -2.00. The zero-order valence-electron chi connectivity index (χ0n) is 6.79. The van der Waals surface area contributed by atoms with Gasteiger partial charge >= 0.3 is 0 Å². The van der Waals surface area contributed by atoms with Gasteiger partial charge in [-0.05, 0) is 23.3 Å². The van der Waals surface area contributed by atoms with E-state index in [0.717, 1.165) is 17.2 Å². The van der Waals surface area contributed by atoms with Gasteiger partial charge < -0.3 is 5.73 Å². The summed E-state index contributed by atoms with van der Waals surface area (Å²) in [5.74, 6) is 2.30. The third-order valence-corrected chi connectivity index (χ3v) is 2.90.